The Kier molecular flexibility index (Phi) is 42.8. The molecule has 9 nitrogen and oxygen atoms in total. The van der Waals surface area contributed by atoms with Crippen LogP contribution < -0.4 is 5.32 Å². The second-order valence-corrected chi connectivity index (χ2v) is 17.6. The molecule has 0 saturated heterocycles. The molecule has 1 amide bonds. The molecular formula is C50H98N2O7. The van der Waals surface area contributed by atoms with Crippen LogP contribution in [0.15, 0.2) is 0 Å². The fourth-order valence-corrected chi connectivity index (χ4v) is 7.65. The van der Waals surface area contributed by atoms with Crippen LogP contribution in [0.2, 0.25) is 0 Å². The number of alkyl carbamates (subject to hydrolysis) is 1. The van der Waals surface area contributed by atoms with Crippen LogP contribution in [0.5, 0.6) is 0 Å². The molecule has 0 aliphatic heterocycles. The fraction of sp³-hybridized carbons (Fsp3) is 0.940. The average molecular weight is 839 g/mol. The van der Waals surface area contributed by atoms with Crippen molar-refractivity contribution in [3.05, 3.63) is 0 Å². The highest BCUT2D eigenvalue weighted by Gasteiger charge is 2.21. The highest BCUT2D eigenvalue weighted by Crippen LogP contribution is 2.23. The highest BCUT2D eigenvalue weighted by atomic mass is 16.6. The number of carbonyl (C=O) groups excluding carboxylic acids is 3. The van der Waals surface area contributed by atoms with E-state index in [1.54, 1.807) is 0 Å². The number of ether oxygens (including phenoxy) is 4. The number of nitrogens with zero attached hydrogens (tertiary/aromatic N) is 1. The van der Waals surface area contributed by atoms with Crippen molar-refractivity contribution >= 4 is 18.0 Å². The largest absolute Gasteiger partial charge is 0.465 e. The minimum atomic E-state index is -0.403. The third-order valence-corrected chi connectivity index (χ3v) is 11.6. The summed E-state index contributed by atoms with van der Waals surface area (Å²) in [5, 5.41) is 2.85. The van der Waals surface area contributed by atoms with E-state index in [4.69, 9.17) is 18.9 Å². The Balaban J connectivity index is 4.86. The summed E-state index contributed by atoms with van der Waals surface area (Å²) in [6.45, 7) is 12.2. The van der Waals surface area contributed by atoms with Crippen LogP contribution in [0.4, 0.5) is 4.79 Å². The Morgan fingerprint density at radius 2 is 0.797 bits per heavy atom. The van der Waals surface area contributed by atoms with Crippen LogP contribution in [-0.4, -0.2) is 82.6 Å². The summed E-state index contributed by atoms with van der Waals surface area (Å²) < 4.78 is 23.2. The van der Waals surface area contributed by atoms with Crippen molar-refractivity contribution in [2.45, 2.75) is 239 Å². The van der Waals surface area contributed by atoms with Gasteiger partial charge in [-0.15, -0.1) is 0 Å². The molecule has 0 radical (unpaired) electrons. The van der Waals surface area contributed by atoms with Crippen molar-refractivity contribution in [2.75, 3.05) is 53.6 Å². The zero-order valence-corrected chi connectivity index (χ0v) is 39.9. The van der Waals surface area contributed by atoms with Gasteiger partial charge >= 0.3 is 18.0 Å². The zero-order valence-electron chi connectivity index (χ0n) is 39.9. The minimum Gasteiger partial charge on any atom is -0.465 e. The number of unbranched alkanes of at least 4 members (excludes halogenated alkanes) is 20. The van der Waals surface area contributed by atoms with Gasteiger partial charge in [0.2, 0.25) is 0 Å². The number of rotatable bonds is 45. The molecule has 1 N–H and O–H groups in total. The van der Waals surface area contributed by atoms with Crippen LogP contribution in [0, 0.1) is 11.8 Å². The molecule has 0 spiro atoms. The van der Waals surface area contributed by atoms with Gasteiger partial charge in [0, 0.05) is 13.1 Å². The Bertz CT molecular complexity index is 877. The van der Waals surface area contributed by atoms with Crippen LogP contribution >= 0.6 is 0 Å². The van der Waals surface area contributed by atoms with E-state index in [1.807, 2.05) is 14.1 Å². The molecule has 2 unspecified atom stereocenters. The van der Waals surface area contributed by atoms with Gasteiger partial charge in [-0.1, -0.05) is 156 Å². The first-order valence-corrected chi connectivity index (χ1v) is 25.3. The predicted molar refractivity (Wildman–Crippen MR) is 247 cm³/mol. The normalized spacial score (nSPS) is 13.0. The van der Waals surface area contributed by atoms with E-state index >= 15 is 0 Å². The van der Waals surface area contributed by atoms with Crippen molar-refractivity contribution in [2.24, 2.45) is 11.8 Å². The molecule has 0 saturated carbocycles. The lowest BCUT2D eigenvalue weighted by molar-refractivity contribution is -0.150. The highest BCUT2D eigenvalue weighted by molar-refractivity contribution is 5.72. The number of hydrogen-bond acceptors (Lipinski definition) is 8. The number of nitrogens with one attached hydrogen (secondary N) is 1. The molecule has 0 bridgehead atoms. The van der Waals surface area contributed by atoms with Crippen LogP contribution in [0.3, 0.4) is 0 Å². The topological polar surface area (TPSA) is 103 Å². The van der Waals surface area contributed by atoms with Crippen LogP contribution in [0.25, 0.3) is 0 Å². The minimum absolute atomic E-state index is 0.00962. The van der Waals surface area contributed by atoms with E-state index in [1.165, 1.54) is 103 Å². The van der Waals surface area contributed by atoms with Gasteiger partial charge in [0.1, 0.15) is 6.10 Å². The van der Waals surface area contributed by atoms with E-state index in [-0.39, 0.29) is 29.9 Å². The van der Waals surface area contributed by atoms with Crippen molar-refractivity contribution in [3.63, 3.8) is 0 Å². The summed E-state index contributed by atoms with van der Waals surface area (Å²) in [4.78, 5) is 41.0. The van der Waals surface area contributed by atoms with E-state index < -0.39 is 6.09 Å². The number of hydrogen-bond donors (Lipinski definition) is 1. The molecule has 0 rings (SSSR count). The van der Waals surface area contributed by atoms with Crippen molar-refractivity contribution in [1.29, 1.82) is 0 Å². The Hall–Kier alpha value is -1.87. The number of likely N-dealkylation sites (N-methyl/N-ethyl adjacent to an activating group) is 1. The molecule has 9 heteroatoms. The third-order valence-electron chi connectivity index (χ3n) is 11.6. The van der Waals surface area contributed by atoms with Gasteiger partial charge in [-0.2, -0.15) is 0 Å². The number of esters is 2. The van der Waals surface area contributed by atoms with E-state index in [0.29, 0.717) is 33.0 Å². The fourth-order valence-electron chi connectivity index (χ4n) is 7.65. The van der Waals surface area contributed by atoms with Crippen molar-refractivity contribution < 1.29 is 33.3 Å². The van der Waals surface area contributed by atoms with Crippen molar-refractivity contribution in [3.8, 4) is 0 Å². The van der Waals surface area contributed by atoms with Gasteiger partial charge in [0.05, 0.1) is 38.3 Å². The lowest BCUT2D eigenvalue weighted by Crippen LogP contribution is -2.32. The summed E-state index contributed by atoms with van der Waals surface area (Å²) >= 11 is 0. The maximum absolute atomic E-state index is 13.1. The Morgan fingerprint density at radius 1 is 0.441 bits per heavy atom. The smallest absolute Gasteiger partial charge is 0.407 e. The zero-order chi connectivity index (χ0) is 43.4. The molecule has 0 heterocycles. The first-order chi connectivity index (χ1) is 28.8. The Labute approximate surface area is 365 Å². The molecule has 0 aliphatic rings. The summed E-state index contributed by atoms with van der Waals surface area (Å²) in [5.74, 6) is 0.0332. The molecule has 0 aromatic heterocycles. The van der Waals surface area contributed by atoms with Gasteiger partial charge in [0.15, 0.2) is 0 Å². The number of amides is 1. The monoisotopic (exact) mass is 839 g/mol. The second-order valence-electron chi connectivity index (χ2n) is 17.6. The average Bonchev–Trinajstić information content (AvgIpc) is 3.22. The van der Waals surface area contributed by atoms with Gasteiger partial charge in [-0.3, -0.25) is 9.59 Å². The molecule has 59 heavy (non-hydrogen) atoms. The first-order valence-electron chi connectivity index (χ1n) is 25.3. The summed E-state index contributed by atoms with van der Waals surface area (Å²) in [6, 6.07) is 0. The summed E-state index contributed by atoms with van der Waals surface area (Å²) in [7, 11) is 4.01. The lowest BCUT2D eigenvalue weighted by Gasteiger charge is -2.19. The van der Waals surface area contributed by atoms with Gasteiger partial charge in [0.25, 0.3) is 0 Å². The van der Waals surface area contributed by atoms with E-state index in [2.05, 4.69) is 37.9 Å². The first kappa shape index (κ1) is 57.1. The SMILES string of the molecule is CCCCCCCCC(CCCCCC)C(=O)OCCCCCC(CCCCCOC(=O)C(CCCCCC)CCCCCCCC)OC(=O)NCCOCCN(C)C. The Morgan fingerprint density at radius 3 is 1.20 bits per heavy atom. The van der Waals surface area contributed by atoms with Gasteiger partial charge in [-0.25, -0.2) is 4.79 Å². The molecule has 0 aliphatic carbocycles. The molecule has 0 fully saturated rings. The lowest BCUT2D eigenvalue weighted by atomic mass is 9.94. The molecule has 350 valence electrons. The molecule has 2 atom stereocenters. The predicted octanol–water partition coefficient (Wildman–Crippen LogP) is 13.5. The van der Waals surface area contributed by atoms with Gasteiger partial charge in [-0.05, 0) is 91.1 Å². The van der Waals surface area contributed by atoms with E-state index in [0.717, 1.165) is 109 Å². The van der Waals surface area contributed by atoms with Crippen molar-refractivity contribution in [1.82, 2.24) is 10.2 Å². The molecular weight excluding hydrogens is 741 g/mol. The number of carbonyl (C=O) groups is 3. The second kappa shape index (κ2) is 44.2. The summed E-state index contributed by atoms with van der Waals surface area (Å²) in [6.07, 6.45) is 34.3. The molecule has 0 aromatic rings. The quantitative estimate of drug-likeness (QED) is 0.0367. The van der Waals surface area contributed by atoms with E-state index in [9.17, 15) is 14.4 Å². The van der Waals surface area contributed by atoms with Gasteiger partial charge < -0.3 is 29.2 Å². The molecule has 0 aromatic carbocycles. The maximum Gasteiger partial charge on any atom is 0.407 e. The third kappa shape index (κ3) is 38.8. The standard InChI is InChI=1S/C50H98N2O7/c1-7-11-15-19-21-27-35-45(33-25-17-13-9-3)48(53)57-41-31-23-29-37-47(59-50(55)51-39-43-56-44-40-52(5)6)38-30-24-32-42-58-49(54)46(34-26-18-14-10-4)36-28-22-20-16-12-8-2/h45-47H,7-44H2,1-6H3,(H,51,55). The van der Waals surface area contributed by atoms with Crippen LogP contribution in [-0.2, 0) is 28.5 Å². The summed E-state index contributed by atoms with van der Waals surface area (Å²) in [5.41, 5.74) is 0. The maximum atomic E-state index is 13.1. The van der Waals surface area contributed by atoms with Crippen LogP contribution in [0.1, 0.15) is 233 Å².